The Morgan fingerprint density at radius 3 is 2.60 bits per heavy atom. The average Bonchev–Trinajstić information content (AvgIpc) is 3.17. The number of rotatable bonds is 4. The van der Waals surface area contributed by atoms with E-state index in [2.05, 4.69) is 21.6 Å². The zero-order chi connectivity index (χ0) is 17.2. The fraction of sp³-hybridized carbons (Fsp3) is 0.421. The molecule has 2 bridgehead atoms. The Morgan fingerprint density at radius 1 is 1.16 bits per heavy atom. The van der Waals surface area contributed by atoms with Crippen LogP contribution in [0, 0.1) is 0 Å². The number of halogens is 1. The third-order valence-corrected chi connectivity index (χ3v) is 5.81. The Bertz CT molecular complexity index is 722. The molecule has 2 aliphatic rings. The smallest absolute Gasteiger partial charge is 0.171 e. The zero-order valence-corrected chi connectivity index (χ0v) is 15.5. The third kappa shape index (κ3) is 3.84. The molecule has 0 saturated carbocycles. The summed E-state index contributed by atoms with van der Waals surface area (Å²) in [5.74, 6) is 1.05. The summed E-state index contributed by atoms with van der Waals surface area (Å²) in [6.07, 6.45) is 6.50. The molecule has 4 rings (SSSR count). The van der Waals surface area contributed by atoms with Crippen molar-refractivity contribution < 1.29 is 4.42 Å². The van der Waals surface area contributed by atoms with Crippen molar-refractivity contribution in [3.05, 3.63) is 53.4 Å². The average molecular weight is 376 g/mol. The van der Waals surface area contributed by atoms with E-state index in [1.807, 2.05) is 30.3 Å². The molecule has 2 N–H and O–H groups in total. The van der Waals surface area contributed by atoms with Crippen molar-refractivity contribution in [2.75, 3.05) is 5.32 Å². The Labute approximate surface area is 158 Å². The molecule has 1 unspecified atom stereocenters. The molecular formula is C19H22ClN3OS. The lowest BCUT2D eigenvalue weighted by atomic mass is 9.97. The van der Waals surface area contributed by atoms with Gasteiger partial charge in [-0.25, -0.2) is 0 Å². The predicted octanol–water partition coefficient (Wildman–Crippen LogP) is 4.42. The van der Waals surface area contributed by atoms with Crippen LogP contribution in [-0.2, 0) is 6.54 Å². The Morgan fingerprint density at radius 2 is 1.92 bits per heavy atom. The molecule has 1 aromatic carbocycles. The van der Waals surface area contributed by atoms with Gasteiger partial charge in [-0.2, -0.15) is 0 Å². The molecule has 2 aromatic rings. The van der Waals surface area contributed by atoms with Crippen LogP contribution in [0.1, 0.15) is 31.4 Å². The normalized spacial score (nSPS) is 25.7. The Hall–Kier alpha value is -1.56. The van der Waals surface area contributed by atoms with Gasteiger partial charge in [0.05, 0.1) is 23.5 Å². The standard InChI is InChI=1S/C19H22ClN3OS/c20-17-5-1-2-6-18(17)22-19(25)21-13-10-14-7-8-15(11-13)23(14)12-16-4-3-9-24-16/h1-6,9,13-15H,7-8,10-12H2,(H2,21,22,25)/t13?,14-,15+. The van der Waals surface area contributed by atoms with Gasteiger partial charge in [0.1, 0.15) is 5.76 Å². The van der Waals surface area contributed by atoms with Crippen LogP contribution in [0.15, 0.2) is 47.1 Å². The predicted molar refractivity (Wildman–Crippen MR) is 105 cm³/mol. The zero-order valence-electron chi connectivity index (χ0n) is 14.0. The maximum Gasteiger partial charge on any atom is 0.171 e. The summed E-state index contributed by atoms with van der Waals surface area (Å²) in [5.41, 5.74) is 0.847. The molecule has 25 heavy (non-hydrogen) atoms. The topological polar surface area (TPSA) is 40.4 Å². The van der Waals surface area contributed by atoms with E-state index in [4.69, 9.17) is 28.2 Å². The first-order valence-corrected chi connectivity index (χ1v) is 9.58. The lowest BCUT2D eigenvalue weighted by Crippen LogP contribution is -2.50. The minimum Gasteiger partial charge on any atom is -0.468 e. The van der Waals surface area contributed by atoms with Crippen LogP contribution in [0.2, 0.25) is 5.02 Å². The number of nitrogens with one attached hydrogen (secondary N) is 2. The van der Waals surface area contributed by atoms with Crippen LogP contribution in [0.3, 0.4) is 0 Å². The van der Waals surface area contributed by atoms with E-state index in [1.165, 1.54) is 12.8 Å². The molecule has 6 heteroatoms. The maximum absolute atomic E-state index is 6.19. The summed E-state index contributed by atoms with van der Waals surface area (Å²) in [4.78, 5) is 2.60. The number of thiocarbonyl (C=S) groups is 1. The molecule has 0 amide bonds. The molecule has 0 spiro atoms. The van der Waals surface area contributed by atoms with Gasteiger partial charge >= 0.3 is 0 Å². The van der Waals surface area contributed by atoms with Crippen molar-refractivity contribution in [3.8, 4) is 0 Å². The quantitative estimate of drug-likeness (QED) is 0.774. The van der Waals surface area contributed by atoms with E-state index in [-0.39, 0.29) is 0 Å². The van der Waals surface area contributed by atoms with Gasteiger partial charge < -0.3 is 15.1 Å². The number of nitrogens with zero attached hydrogens (tertiary/aromatic N) is 1. The number of benzene rings is 1. The van der Waals surface area contributed by atoms with Crippen molar-refractivity contribution in [3.63, 3.8) is 0 Å². The van der Waals surface area contributed by atoms with Crippen LogP contribution in [-0.4, -0.2) is 28.1 Å². The summed E-state index contributed by atoms with van der Waals surface area (Å²) in [5, 5.41) is 8.03. The Balaban J connectivity index is 1.33. The van der Waals surface area contributed by atoms with Gasteiger partial charge in [0.25, 0.3) is 0 Å². The number of hydrogen-bond acceptors (Lipinski definition) is 3. The fourth-order valence-electron chi connectivity index (χ4n) is 4.14. The number of piperidine rings is 1. The lowest BCUT2D eigenvalue weighted by molar-refractivity contribution is 0.106. The van der Waals surface area contributed by atoms with Gasteiger partial charge in [-0.05, 0) is 62.2 Å². The van der Waals surface area contributed by atoms with Gasteiger partial charge in [-0.3, -0.25) is 4.90 Å². The third-order valence-electron chi connectivity index (χ3n) is 5.26. The van der Waals surface area contributed by atoms with E-state index in [1.54, 1.807) is 6.26 Å². The van der Waals surface area contributed by atoms with Gasteiger partial charge in [-0.1, -0.05) is 23.7 Å². The van der Waals surface area contributed by atoms with Crippen molar-refractivity contribution in [2.24, 2.45) is 0 Å². The highest BCUT2D eigenvalue weighted by Gasteiger charge is 2.41. The van der Waals surface area contributed by atoms with Gasteiger partial charge in [0.15, 0.2) is 5.11 Å². The van der Waals surface area contributed by atoms with Crippen LogP contribution < -0.4 is 10.6 Å². The van der Waals surface area contributed by atoms with E-state index >= 15 is 0 Å². The molecule has 3 heterocycles. The lowest BCUT2D eigenvalue weighted by Gasteiger charge is -2.39. The molecular weight excluding hydrogens is 354 g/mol. The van der Waals surface area contributed by atoms with Gasteiger partial charge in [0, 0.05) is 18.1 Å². The molecule has 132 valence electrons. The van der Waals surface area contributed by atoms with E-state index in [0.717, 1.165) is 30.8 Å². The summed E-state index contributed by atoms with van der Waals surface area (Å²) in [6, 6.07) is 13.3. The highest BCUT2D eigenvalue weighted by molar-refractivity contribution is 7.80. The van der Waals surface area contributed by atoms with Crippen LogP contribution >= 0.6 is 23.8 Å². The molecule has 0 aliphatic carbocycles. The van der Waals surface area contributed by atoms with E-state index < -0.39 is 0 Å². The second-order valence-corrected chi connectivity index (χ2v) is 7.70. The molecule has 3 atom stereocenters. The molecule has 2 saturated heterocycles. The highest BCUT2D eigenvalue weighted by atomic mass is 35.5. The van der Waals surface area contributed by atoms with Crippen molar-refractivity contribution in [2.45, 2.75) is 50.4 Å². The number of anilines is 1. The largest absolute Gasteiger partial charge is 0.468 e. The molecule has 0 radical (unpaired) electrons. The SMILES string of the molecule is S=C(Nc1ccccc1Cl)NC1C[C@H]2CC[C@@H](C1)N2Cc1ccco1. The fourth-order valence-corrected chi connectivity index (χ4v) is 4.60. The molecule has 1 aromatic heterocycles. The van der Waals surface area contributed by atoms with E-state index in [0.29, 0.717) is 28.3 Å². The maximum atomic E-state index is 6.19. The van der Waals surface area contributed by atoms with Crippen molar-refractivity contribution in [1.82, 2.24) is 10.2 Å². The molecule has 4 nitrogen and oxygen atoms in total. The van der Waals surface area contributed by atoms with Gasteiger partial charge in [0.2, 0.25) is 0 Å². The van der Waals surface area contributed by atoms with E-state index in [9.17, 15) is 0 Å². The summed E-state index contributed by atoms with van der Waals surface area (Å²) < 4.78 is 5.53. The van der Waals surface area contributed by atoms with Crippen LogP contribution in [0.4, 0.5) is 5.69 Å². The molecule has 2 aliphatic heterocycles. The number of furan rings is 1. The summed E-state index contributed by atoms with van der Waals surface area (Å²) in [6.45, 7) is 0.914. The molecule has 2 fully saturated rings. The second-order valence-electron chi connectivity index (χ2n) is 6.88. The van der Waals surface area contributed by atoms with Crippen molar-refractivity contribution >= 4 is 34.6 Å². The summed E-state index contributed by atoms with van der Waals surface area (Å²) in [7, 11) is 0. The highest BCUT2D eigenvalue weighted by Crippen LogP contribution is 2.37. The first-order valence-electron chi connectivity index (χ1n) is 8.79. The summed E-state index contributed by atoms with van der Waals surface area (Å²) >= 11 is 11.7. The van der Waals surface area contributed by atoms with Crippen LogP contribution in [0.5, 0.6) is 0 Å². The van der Waals surface area contributed by atoms with Crippen molar-refractivity contribution in [1.29, 1.82) is 0 Å². The second kappa shape index (κ2) is 7.36. The minimum atomic E-state index is 0.410. The first kappa shape index (κ1) is 16.9. The van der Waals surface area contributed by atoms with Crippen LogP contribution in [0.25, 0.3) is 0 Å². The number of hydrogen-bond donors (Lipinski definition) is 2. The number of fused-ring (bicyclic) bond motifs is 2. The monoisotopic (exact) mass is 375 g/mol. The minimum absolute atomic E-state index is 0.410. The Kier molecular flexibility index (Phi) is 4.97. The number of para-hydroxylation sites is 1. The van der Waals surface area contributed by atoms with Gasteiger partial charge in [-0.15, -0.1) is 0 Å². The first-order chi connectivity index (χ1) is 12.2.